The summed E-state index contributed by atoms with van der Waals surface area (Å²) in [5, 5.41) is 6.30. The van der Waals surface area contributed by atoms with Gasteiger partial charge in [-0.2, -0.15) is 0 Å². The number of halogens is 1. The SMILES string of the molecule is CCNS(=O)(=O)c1ccc(C)c(C(=O)NCC2(COC)CCNCC2)c1.Cl. The standard InChI is InChI=1S/C18H29N3O4S.ClH/c1-4-21-26(23,24)15-6-5-14(2)16(11-15)17(22)20-12-18(13-25-3)7-9-19-10-8-18;/h5-6,11,19,21H,4,7-10,12-13H2,1-3H3,(H,20,22);1H. The van der Waals surface area contributed by atoms with Crippen molar-refractivity contribution >= 4 is 28.3 Å². The Kier molecular flexibility index (Phi) is 9.17. The quantitative estimate of drug-likeness (QED) is 0.592. The average Bonchev–Trinajstić information content (AvgIpc) is 2.61. The van der Waals surface area contributed by atoms with Crippen LogP contribution in [0.5, 0.6) is 0 Å². The number of nitrogens with one attached hydrogen (secondary N) is 3. The Hall–Kier alpha value is -1.19. The molecule has 1 aromatic carbocycles. The number of carbonyl (C=O) groups excluding carboxylic acids is 1. The maximum absolute atomic E-state index is 12.7. The van der Waals surface area contributed by atoms with Crippen molar-refractivity contribution in [1.29, 1.82) is 0 Å². The number of rotatable bonds is 8. The molecule has 0 aliphatic carbocycles. The van der Waals surface area contributed by atoms with Crippen molar-refractivity contribution in [2.75, 3.05) is 39.9 Å². The van der Waals surface area contributed by atoms with E-state index in [0.717, 1.165) is 31.5 Å². The zero-order chi connectivity index (χ0) is 19.2. The predicted octanol–water partition coefficient (Wildman–Crippen LogP) is 1.46. The molecule has 0 atom stereocenters. The van der Waals surface area contributed by atoms with E-state index in [9.17, 15) is 13.2 Å². The zero-order valence-electron chi connectivity index (χ0n) is 16.1. The highest BCUT2D eigenvalue weighted by Gasteiger charge is 2.32. The van der Waals surface area contributed by atoms with Gasteiger partial charge in [0.25, 0.3) is 5.91 Å². The monoisotopic (exact) mass is 419 g/mol. The van der Waals surface area contributed by atoms with Crippen LogP contribution >= 0.6 is 12.4 Å². The maximum atomic E-state index is 12.7. The third-order valence-corrected chi connectivity index (χ3v) is 6.38. The fourth-order valence-corrected chi connectivity index (χ4v) is 4.35. The lowest BCUT2D eigenvalue weighted by Crippen LogP contribution is -2.47. The summed E-state index contributed by atoms with van der Waals surface area (Å²) in [6, 6.07) is 4.62. The third kappa shape index (κ3) is 6.15. The molecular formula is C18H30ClN3O4S. The molecule has 1 amide bonds. The van der Waals surface area contributed by atoms with Crippen LogP contribution in [0.3, 0.4) is 0 Å². The van der Waals surface area contributed by atoms with Crippen LogP contribution in [0.4, 0.5) is 0 Å². The lowest BCUT2D eigenvalue weighted by Gasteiger charge is -2.37. The van der Waals surface area contributed by atoms with Gasteiger partial charge in [-0.25, -0.2) is 13.1 Å². The Balaban J connectivity index is 0.00000364. The number of amides is 1. The Bertz CT molecular complexity index is 729. The number of hydrogen-bond acceptors (Lipinski definition) is 5. The van der Waals surface area contributed by atoms with E-state index in [1.165, 1.54) is 12.1 Å². The fourth-order valence-electron chi connectivity index (χ4n) is 3.28. The number of ether oxygens (including phenoxy) is 1. The molecule has 2 rings (SSSR count). The summed E-state index contributed by atoms with van der Waals surface area (Å²) in [5.74, 6) is -0.259. The van der Waals surface area contributed by atoms with Crippen LogP contribution in [-0.4, -0.2) is 54.2 Å². The summed E-state index contributed by atoms with van der Waals surface area (Å²) in [6.45, 7) is 6.70. The smallest absolute Gasteiger partial charge is 0.251 e. The molecule has 154 valence electrons. The number of hydrogen-bond donors (Lipinski definition) is 3. The number of piperidine rings is 1. The molecule has 9 heteroatoms. The van der Waals surface area contributed by atoms with E-state index >= 15 is 0 Å². The normalized spacial score (nSPS) is 16.4. The summed E-state index contributed by atoms with van der Waals surface area (Å²) in [4.78, 5) is 12.8. The number of aryl methyl sites for hydroxylation is 1. The molecule has 0 saturated carbocycles. The molecule has 0 radical (unpaired) electrons. The first-order chi connectivity index (χ1) is 12.3. The van der Waals surface area contributed by atoms with Crippen molar-refractivity contribution in [3.05, 3.63) is 29.3 Å². The van der Waals surface area contributed by atoms with Gasteiger partial charge in [-0.3, -0.25) is 4.79 Å². The molecule has 0 unspecified atom stereocenters. The van der Waals surface area contributed by atoms with Gasteiger partial charge in [0.2, 0.25) is 10.0 Å². The lowest BCUT2D eigenvalue weighted by atomic mass is 9.79. The minimum atomic E-state index is -3.60. The molecule has 1 aliphatic rings. The number of methoxy groups -OCH3 is 1. The molecule has 1 saturated heterocycles. The molecule has 0 spiro atoms. The van der Waals surface area contributed by atoms with Gasteiger partial charge in [0.05, 0.1) is 11.5 Å². The topological polar surface area (TPSA) is 96.5 Å². The van der Waals surface area contributed by atoms with Gasteiger partial charge in [0, 0.05) is 31.2 Å². The van der Waals surface area contributed by atoms with E-state index in [2.05, 4.69) is 15.4 Å². The summed E-state index contributed by atoms with van der Waals surface area (Å²) in [5.41, 5.74) is 1.03. The van der Waals surface area contributed by atoms with E-state index in [1.807, 2.05) is 0 Å². The fraction of sp³-hybridized carbons (Fsp3) is 0.611. The van der Waals surface area contributed by atoms with Crippen LogP contribution in [-0.2, 0) is 14.8 Å². The molecule has 1 fully saturated rings. The van der Waals surface area contributed by atoms with Crippen LogP contribution in [0.2, 0.25) is 0 Å². The molecule has 1 aromatic rings. The number of benzene rings is 1. The molecule has 1 aliphatic heterocycles. The first-order valence-electron chi connectivity index (χ1n) is 8.92. The summed E-state index contributed by atoms with van der Waals surface area (Å²) < 4.78 is 32.2. The van der Waals surface area contributed by atoms with Crippen molar-refractivity contribution in [3.63, 3.8) is 0 Å². The van der Waals surface area contributed by atoms with Crippen LogP contribution in [0.1, 0.15) is 35.7 Å². The zero-order valence-corrected chi connectivity index (χ0v) is 17.8. The molecule has 1 heterocycles. The van der Waals surface area contributed by atoms with Crippen molar-refractivity contribution in [2.45, 2.75) is 31.6 Å². The van der Waals surface area contributed by atoms with Gasteiger partial charge in [-0.15, -0.1) is 12.4 Å². The van der Waals surface area contributed by atoms with Gasteiger partial charge >= 0.3 is 0 Å². The Morgan fingerprint density at radius 2 is 1.96 bits per heavy atom. The Morgan fingerprint density at radius 1 is 1.30 bits per heavy atom. The van der Waals surface area contributed by atoms with E-state index in [4.69, 9.17) is 4.74 Å². The lowest BCUT2D eigenvalue weighted by molar-refractivity contribution is 0.0511. The first kappa shape index (κ1) is 23.8. The van der Waals surface area contributed by atoms with E-state index in [-0.39, 0.29) is 28.6 Å². The van der Waals surface area contributed by atoms with Crippen LogP contribution < -0.4 is 15.4 Å². The van der Waals surface area contributed by atoms with Crippen molar-refractivity contribution < 1.29 is 17.9 Å². The Labute approximate surface area is 168 Å². The van der Waals surface area contributed by atoms with Gasteiger partial charge < -0.3 is 15.4 Å². The second kappa shape index (κ2) is 10.4. The molecule has 3 N–H and O–H groups in total. The van der Waals surface area contributed by atoms with Gasteiger partial charge in [-0.05, 0) is 50.6 Å². The molecule has 27 heavy (non-hydrogen) atoms. The molecule has 0 aromatic heterocycles. The highest BCUT2D eigenvalue weighted by atomic mass is 35.5. The van der Waals surface area contributed by atoms with Crippen LogP contribution in [0.15, 0.2) is 23.1 Å². The first-order valence-corrected chi connectivity index (χ1v) is 10.4. The van der Waals surface area contributed by atoms with E-state index < -0.39 is 10.0 Å². The third-order valence-electron chi connectivity index (χ3n) is 4.84. The molecular weight excluding hydrogens is 390 g/mol. The Morgan fingerprint density at radius 3 is 2.56 bits per heavy atom. The highest BCUT2D eigenvalue weighted by molar-refractivity contribution is 7.89. The van der Waals surface area contributed by atoms with Crippen LogP contribution in [0.25, 0.3) is 0 Å². The number of sulfonamides is 1. The minimum Gasteiger partial charge on any atom is -0.384 e. The second-order valence-corrected chi connectivity index (χ2v) is 8.61. The summed E-state index contributed by atoms with van der Waals surface area (Å²) >= 11 is 0. The van der Waals surface area contributed by atoms with Gasteiger partial charge in [0.15, 0.2) is 0 Å². The van der Waals surface area contributed by atoms with E-state index in [0.29, 0.717) is 25.3 Å². The van der Waals surface area contributed by atoms with Gasteiger partial charge in [0.1, 0.15) is 0 Å². The van der Waals surface area contributed by atoms with Crippen LogP contribution in [0, 0.1) is 12.3 Å². The van der Waals surface area contributed by atoms with E-state index in [1.54, 1.807) is 27.0 Å². The number of carbonyl (C=O) groups is 1. The van der Waals surface area contributed by atoms with Gasteiger partial charge in [-0.1, -0.05) is 13.0 Å². The second-order valence-electron chi connectivity index (χ2n) is 6.84. The highest BCUT2D eigenvalue weighted by Crippen LogP contribution is 2.28. The minimum absolute atomic E-state index is 0. The van der Waals surface area contributed by atoms with Crippen molar-refractivity contribution in [3.8, 4) is 0 Å². The predicted molar refractivity (Wildman–Crippen MR) is 108 cm³/mol. The summed E-state index contributed by atoms with van der Waals surface area (Å²) in [7, 11) is -1.93. The molecule has 0 bridgehead atoms. The largest absolute Gasteiger partial charge is 0.384 e. The summed E-state index contributed by atoms with van der Waals surface area (Å²) in [6.07, 6.45) is 1.85. The molecule has 7 nitrogen and oxygen atoms in total. The van der Waals surface area contributed by atoms with Crippen molar-refractivity contribution in [2.24, 2.45) is 5.41 Å². The maximum Gasteiger partial charge on any atom is 0.251 e. The average molecular weight is 420 g/mol. The van der Waals surface area contributed by atoms with Crippen molar-refractivity contribution in [1.82, 2.24) is 15.4 Å².